The molecule has 1 aromatic rings. The van der Waals surface area contributed by atoms with E-state index in [9.17, 15) is 13.2 Å². The number of hydrogen-bond donors (Lipinski definition) is 1. The van der Waals surface area contributed by atoms with E-state index in [-0.39, 0.29) is 25.4 Å². The third-order valence-corrected chi connectivity index (χ3v) is 4.66. The Morgan fingerprint density at radius 1 is 1.41 bits per heavy atom. The van der Waals surface area contributed by atoms with Crippen LogP contribution in [0.4, 0.5) is 5.69 Å². The van der Waals surface area contributed by atoms with Crippen LogP contribution in [0.2, 0.25) is 0 Å². The van der Waals surface area contributed by atoms with Crippen molar-refractivity contribution in [1.29, 1.82) is 0 Å². The van der Waals surface area contributed by atoms with E-state index >= 15 is 0 Å². The summed E-state index contributed by atoms with van der Waals surface area (Å²) in [7, 11) is -3.33. The van der Waals surface area contributed by atoms with Gasteiger partial charge in [0.25, 0.3) is 0 Å². The average molecular weight is 324 g/mol. The number of nitrogens with one attached hydrogen (secondary N) is 1. The third-order valence-electron chi connectivity index (χ3n) is 3.39. The third kappa shape index (κ3) is 5.27. The summed E-state index contributed by atoms with van der Waals surface area (Å²) >= 11 is 0. The summed E-state index contributed by atoms with van der Waals surface area (Å²) in [5.41, 5.74) is 2.89. The number of nitrogens with zero attached hydrogens (tertiary/aromatic N) is 1. The lowest BCUT2D eigenvalue weighted by Crippen LogP contribution is -2.33. The number of carbonyl (C=O) groups excluding carboxylic acids is 1. The van der Waals surface area contributed by atoms with Crippen LogP contribution in [-0.2, 0) is 21.2 Å². The molecule has 0 heterocycles. The molecule has 1 rings (SSSR count). The molecule has 122 valence electrons. The fraction of sp³-hybridized carbons (Fsp3) is 0.438. The van der Waals surface area contributed by atoms with Gasteiger partial charge in [-0.25, -0.2) is 8.42 Å². The van der Waals surface area contributed by atoms with Gasteiger partial charge in [-0.05, 0) is 24.5 Å². The number of amides is 1. The molecular weight excluding hydrogens is 300 g/mol. The van der Waals surface area contributed by atoms with Gasteiger partial charge in [0.2, 0.25) is 15.9 Å². The van der Waals surface area contributed by atoms with Crippen LogP contribution in [0.5, 0.6) is 0 Å². The zero-order valence-corrected chi connectivity index (χ0v) is 14.2. The first-order chi connectivity index (χ1) is 10.3. The molecule has 0 spiro atoms. The van der Waals surface area contributed by atoms with E-state index < -0.39 is 10.0 Å². The molecule has 1 aromatic carbocycles. The lowest BCUT2D eigenvalue weighted by Gasteiger charge is -2.18. The molecule has 0 aliphatic carbocycles. The molecule has 0 saturated heterocycles. The van der Waals surface area contributed by atoms with Crippen molar-refractivity contribution in [2.24, 2.45) is 0 Å². The number of aryl methyl sites for hydroxylation is 2. The number of hydrogen-bond acceptors (Lipinski definition) is 3. The Morgan fingerprint density at radius 2 is 2.09 bits per heavy atom. The monoisotopic (exact) mass is 324 g/mol. The first kappa shape index (κ1) is 18.4. The van der Waals surface area contributed by atoms with Gasteiger partial charge in [-0.15, -0.1) is 6.58 Å². The number of sulfonamides is 1. The smallest absolute Gasteiger partial charge is 0.225 e. The Kier molecular flexibility index (Phi) is 6.77. The quantitative estimate of drug-likeness (QED) is 0.746. The Morgan fingerprint density at radius 3 is 2.64 bits per heavy atom. The molecule has 5 nitrogen and oxygen atoms in total. The summed E-state index contributed by atoms with van der Waals surface area (Å²) in [6.45, 7) is 7.85. The van der Waals surface area contributed by atoms with Gasteiger partial charge in [-0.3, -0.25) is 4.79 Å². The van der Waals surface area contributed by atoms with Gasteiger partial charge in [0, 0.05) is 25.2 Å². The van der Waals surface area contributed by atoms with Gasteiger partial charge in [0.05, 0.1) is 6.26 Å². The molecule has 1 N–H and O–H groups in total. The minimum Gasteiger partial charge on any atom is -0.326 e. The van der Waals surface area contributed by atoms with Crippen molar-refractivity contribution in [2.75, 3.05) is 24.7 Å². The highest BCUT2D eigenvalue weighted by molar-refractivity contribution is 7.88. The fourth-order valence-corrected chi connectivity index (χ4v) is 2.97. The molecule has 0 bridgehead atoms. The van der Waals surface area contributed by atoms with Gasteiger partial charge in [0.15, 0.2) is 0 Å². The molecule has 0 aromatic heterocycles. The summed E-state index contributed by atoms with van der Waals surface area (Å²) in [5.74, 6) is -0.193. The molecule has 0 radical (unpaired) electrons. The summed E-state index contributed by atoms with van der Waals surface area (Å²) in [6.07, 6.45) is 3.57. The summed E-state index contributed by atoms with van der Waals surface area (Å²) < 4.78 is 24.4. The average Bonchev–Trinajstić information content (AvgIpc) is 2.44. The molecule has 0 saturated carbocycles. The van der Waals surface area contributed by atoms with Crippen molar-refractivity contribution < 1.29 is 13.2 Å². The maximum absolute atomic E-state index is 12.1. The Labute approximate surface area is 133 Å². The van der Waals surface area contributed by atoms with Crippen molar-refractivity contribution in [2.45, 2.75) is 26.7 Å². The van der Waals surface area contributed by atoms with E-state index in [1.807, 2.05) is 32.0 Å². The van der Waals surface area contributed by atoms with E-state index in [0.29, 0.717) is 0 Å². The number of benzene rings is 1. The second kappa shape index (κ2) is 8.10. The standard InChI is InChI=1S/C16H24N2O3S/c1-5-11-18(22(4,20)21)12-10-15(19)17-16-13(3)8-7-9-14(16)6-2/h5,7-9H,1,6,10-12H2,2-4H3,(H,17,19). The predicted molar refractivity (Wildman–Crippen MR) is 90.4 cm³/mol. The highest BCUT2D eigenvalue weighted by Gasteiger charge is 2.17. The number of carbonyl (C=O) groups is 1. The SMILES string of the molecule is C=CCN(CCC(=O)Nc1c(C)cccc1CC)S(C)(=O)=O. The molecule has 0 aliphatic heterocycles. The van der Waals surface area contributed by atoms with E-state index in [1.165, 1.54) is 10.4 Å². The summed E-state index contributed by atoms with van der Waals surface area (Å²) in [5, 5.41) is 2.89. The predicted octanol–water partition coefficient (Wildman–Crippen LogP) is 2.33. The minimum absolute atomic E-state index is 0.110. The second-order valence-corrected chi connectivity index (χ2v) is 7.15. The fourth-order valence-electron chi connectivity index (χ4n) is 2.17. The number of anilines is 1. The van der Waals surface area contributed by atoms with Crippen LogP contribution in [0.25, 0.3) is 0 Å². The van der Waals surface area contributed by atoms with Crippen LogP contribution in [-0.4, -0.2) is 38.0 Å². The zero-order chi connectivity index (χ0) is 16.8. The van der Waals surface area contributed by atoms with E-state index in [0.717, 1.165) is 29.5 Å². The van der Waals surface area contributed by atoms with E-state index in [4.69, 9.17) is 0 Å². The number of para-hydroxylation sites is 1. The van der Waals surface area contributed by atoms with E-state index in [2.05, 4.69) is 11.9 Å². The van der Waals surface area contributed by atoms with Crippen molar-refractivity contribution in [1.82, 2.24) is 4.31 Å². The Bertz CT molecular complexity index is 639. The second-order valence-electron chi connectivity index (χ2n) is 5.17. The molecule has 0 unspecified atom stereocenters. The van der Waals surface area contributed by atoms with Crippen LogP contribution in [0.3, 0.4) is 0 Å². The van der Waals surface area contributed by atoms with Crippen LogP contribution < -0.4 is 5.32 Å². The minimum atomic E-state index is -3.33. The van der Waals surface area contributed by atoms with Gasteiger partial charge < -0.3 is 5.32 Å². The first-order valence-corrected chi connectivity index (χ1v) is 9.08. The van der Waals surface area contributed by atoms with Crippen molar-refractivity contribution in [3.8, 4) is 0 Å². The van der Waals surface area contributed by atoms with Crippen LogP contribution in [0, 0.1) is 6.92 Å². The van der Waals surface area contributed by atoms with Gasteiger partial charge >= 0.3 is 0 Å². The van der Waals surface area contributed by atoms with Crippen LogP contribution in [0.1, 0.15) is 24.5 Å². The van der Waals surface area contributed by atoms with Crippen LogP contribution >= 0.6 is 0 Å². The van der Waals surface area contributed by atoms with Gasteiger partial charge in [-0.2, -0.15) is 4.31 Å². The lowest BCUT2D eigenvalue weighted by molar-refractivity contribution is -0.116. The molecule has 1 amide bonds. The van der Waals surface area contributed by atoms with Gasteiger partial charge in [0.1, 0.15) is 0 Å². The van der Waals surface area contributed by atoms with Crippen molar-refractivity contribution in [3.63, 3.8) is 0 Å². The normalized spacial score (nSPS) is 11.5. The van der Waals surface area contributed by atoms with Crippen molar-refractivity contribution >= 4 is 21.6 Å². The maximum atomic E-state index is 12.1. The largest absolute Gasteiger partial charge is 0.326 e. The Hall–Kier alpha value is -1.66. The molecule has 0 atom stereocenters. The maximum Gasteiger partial charge on any atom is 0.225 e. The highest BCUT2D eigenvalue weighted by atomic mass is 32.2. The number of rotatable bonds is 8. The van der Waals surface area contributed by atoms with E-state index in [1.54, 1.807) is 0 Å². The molecule has 6 heteroatoms. The summed E-state index contributed by atoms with van der Waals surface area (Å²) in [6, 6.07) is 5.87. The molecular formula is C16H24N2O3S. The highest BCUT2D eigenvalue weighted by Crippen LogP contribution is 2.21. The zero-order valence-electron chi connectivity index (χ0n) is 13.4. The summed E-state index contributed by atoms with van der Waals surface area (Å²) in [4.78, 5) is 12.1. The van der Waals surface area contributed by atoms with Gasteiger partial charge in [-0.1, -0.05) is 31.2 Å². The lowest BCUT2D eigenvalue weighted by atomic mass is 10.1. The van der Waals surface area contributed by atoms with Crippen molar-refractivity contribution in [3.05, 3.63) is 42.0 Å². The molecule has 0 fully saturated rings. The molecule has 22 heavy (non-hydrogen) atoms. The first-order valence-electron chi connectivity index (χ1n) is 7.24. The van der Waals surface area contributed by atoms with Crippen LogP contribution in [0.15, 0.2) is 30.9 Å². The Balaban J connectivity index is 2.73. The molecule has 0 aliphatic rings. The topological polar surface area (TPSA) is 66.5 Å².